The number of nitrogens with zero attached hydrogens (tertiary/aromatic N) is 1. The minimum absolute atomic E-state index is 0.0239. The number of rotatable bonds is 2. The Morgan fingerprint density at radius 2 is 2.47 bits per heavy atom. The average molecular weight is 208 g/mol. The van der Waals surface area contributed by atoms with Gasteiger partial charge in [-0.1, -0.05) is 0 Å². The maximum atomic E-state index is 11.7. The zero-order chi connectivity index (χ0) is 10.8. The number of hydrogen-bond donors (Lipinski definition) is 3. The molecule has 0 aliphatic carbocycles. The first-order valence-electron chi connectivity index (χ1n) is 4.74. The van der Waals surface area contributed by atoms with Crippen LogP contribution in [0.15, 0.2) is 6.20 Å². The molecule has 15 heavy (non-hydrogen) atoms. The Bertz CT molecular complexity index is 399. The van der Waals surface area contributed by atoms with E-state index in [0.717, 1.165) is 5.69 Å². The lowest BCUT2D eigenvalue weighted by Gasteiger charge is -2.09. The number of aryl methyl sites for hydroxylation is 1. The van der Waals surface area contributed by atoms with Crippen LogP contribution in [0.5, 0.6) is 0 Å². The van der Waals surface area contributed by atoms with Gasteiger partial charge in [-0.25, -0.2) is 0 Å². The second-order valence-corrected chi connectivity index (χ2v) is 3.59. The summed E-state index contributed by atoms with van der Waals surface area (Å²) in [6.07, 6.45) is 1.83. The predicted octanol–water partition coefficient (Wildman–Crippen LogP) is -0.664. The Kier molecular flexibility index (Phi) is 2.40. The van der Waals surface area contributed by atoms with Gasteiger partial charge in [0.25, 0.3) is 5.91 Å². The third-order valence-corrected chi connectivity index (χ3v) is 2.39. The van der Waals surface area contributed by atoms with E-state index in [1.165, 1.54) is 6.20 Å². The molecule has 1 unspecified atom stereocenters. The number of amides is 2. The molecule has 2 rings (SSSR count). The molecule has 80 valence electrons. The Balaban J connectivity index is 1.98. The van der Waals surface area contributed by atoms with Gasteiger partial charge in [0.2, 0.25) is 5.91 Å². The summed E-state index contributed by atoms with van der Waals surface area (Å²) in [5, 5.41) is 11.9. The lowest BCUT2D eigenvalue weighted by Crippen LogP contribution is -2.36. The van der Waals surface area contributed by atoms with Crippen LogP contribution >= 0.6 is 0 Å². The zero-order valence-electron chi connectivity index (χ0n) is 8.33. The normalized spacial score (nSPS) is 20.1. The molecular weight excluding hydrogens is 196 g/mol. The van der Waals surface area contributed by atoms with Crippen LogP contribution in [0.25, 0.3) is 0 Å². The fraction of sp³-hybridized carbons (Fsp3) is 0.444. The summed E-state index contributed by atoms with van der Waals surface area (Å²) in [6, 6.07) is -0.112. The van der Waals surface area contributed by atoms with E-state index < -0.39 is 0 Å². The van der Waals surface area contributed by atoms with E-state index in [1.54, 1.807) is 6.92 Å². The first kappa shape index (κ1) is 9.70. The topological polar surface area (TPSA) is 86.9 Å². The van der Waals surface area contributed by atoms with Crippen molar-refractivity contribution in [2.24, 2.45) is 0 Å². The van der Waals surface area contributed by atoms with Gasteiger partial charge < -0.3 is 10.6 Å². The van der Waals surface area contributed by atoms with Crippen molar-refractivity contribution in [2.45, 2.75) is 19.4 Å². The summed E-state index contributed by atoms with van der Waals surface area (Å²) in [4.78, 5) is 22.6. The molecule has 0 aromatic carbocycles. The molecule has 1 aliphatic rings. The summed E-state index contributed by atoms with van der Waals surface area (Å²) in [7, 11) is 0. The van der Waals surface area contributed by atoms with Crippen LogP contribution in [0.2, 0.25) is 0 Å². The summed E-state index contributed by atoms with van der Waals surface area (Å²) in [5.74, 6) is -0.216. The van der Waals surface area contributed by atoms with Crippen molar-refractivity contribution in [1.29, 1.82) is 0 Å². The van der Waals surface area contributed by atoms with Crippen molar-refractivity contribution in [1.82, 2.24) is 20.8 Å². The quantitative estimate of drug-likeness (QED) is 0.602. The molecule has 1 atom stereocenters. The first-order valence-corrected chi connectivity index (χ1v) is 4.74. The van der Waals surface area contributed by atoms with E-state index in [4.69, 9.17) is 0 Å². The van der Waals surface area contributed by atoms with Crippen molar-refractivity contribution in [2.75, 3.05) is 6.54 Å². The van der Waals surface area contributed by atoms with Crippen molar-refractivity contribution in [3.63, 3.8) is 0 Å². The number of hydrogen-bond acceptors (Lipinski definition) is 3. The molecule has 6 nitrogen and oxygen atoms in total. The van der Waals surface area contributed by atoms with E-state index >= 15 is 0 Å². The van der Waals surface area contributed by atoms with Crippen molar-refractivity contribution in [3.8, 4) is 0 Å². The fourth-order valence-corrected chi connectivity index (χ4v) is 1.55. The van der Waals surface area contributed by atoms with Crippen LogP contribution in [0.3, 0.4) is 0 Å². The SMILES string of the molecule is Cc1[nH]ncc1C(=O)NC1CNC(=O)C1. The lowest BCUT2D eigenvalue weighted by molar-refractivity contribution is -0.119. The van der Waals surface area contributed by atoms with Gasteiger partial charge in [0.15, 0.2) is 0 Å². The Morgan fingerprint density at radius 3 is 3.00 bits per heavy atom. The monoisotopic (exact) mass is 208 g/mol. The number of aromatic amines is 1. The van der Waals surface area contributed by atoms with E-state index in [0.29, 0.717) is 18.5 Å². The Labute approximate surface area is 86.4 Å². The summed E-state index contributed by atoms with van der Waals surface area (Å²) in [5.41, 5.74) is 1.25. The van der Waals surface area contributed by atoms with Gasteiger partial charge in [-0.15, -0.1) is 0 Å². The number of carbonyl (C=O) groups is 2. The highest BCUT2D eigenvalue weighted by Crippen LogP contribution is 2.05. The van der Waals surface area contributed by atoms with Gasteiger partial charge in [-0.2, -0.15) is 5.10 Å². The molecule has 0 saturated carbocycles. The van der Waals surface area contributed by atoms with Gasteiger partial charge >= 0.3 is 0 Å². The molecule has 1 aromatic rings. The molecule has 1 aliphatic heterocycles. The van der Waals surface area contributed by atoms with Crippen molar-refractivity contribution >= 4 is 11.8 Å². The molecule has 0 radical (unpaired) electrons. The van der Waals surface area contributed by atoms with E-state index in [9.17, 15) is 9.59 Å². The molecule has 1 aromatic heterocycles. The highest BCUT2D eigenvalue weighted by Gasteiger charge is 2.24. The maximum absolute atomic E-state index is 11.7. The van der Waals surface area contributed by atoms with Crippen LogP contribution < -0.4 is 10.6 Å². The van der Waals surface area contributed by atoms with E-state index in [2.05, 4.69) is 20.8 Å². The summed E-state index contributed by atoms with van der Waals surface area (Å²) < 4.78 is 0. The summed E-state index contributed by atoms with van der Waals surface area (Å²) in [6.45, 7) is 2.28. The van der Waals surface area contributed by atoms with Gasteiger partial charge in [-0.05, 0) is 6.92 Å². The van der Waals surface area contributed by atoms with Gasteiger partial charge in [0.05, 0.1) is 17.8 Å². The predicted molar refractivity (Wildman–Crippen MR) is 52.2 cm³/mol. The van der Waals surface area contributed by atoms with Gasteiger partial charge in [0.1, 0.15) is 0 Å². The molecule has 3 N–H and O–H groups in total. The molecule has 0 bridgehead atoms. The van der Waals surface area contributed by atoms with Crippen LogP contribution in [0.4, 0.5) is 0 Å². The van der Waals surface area contributed by atoms with E-state index in [1.807, 2.05) is 0 Å². The average Bonchev–Trinajstić information content (AvgIpc) is 2.75. The maximum Gasteiger partial charge on any atom is 0.255 e. The molecule has 1 fully saturated rings. The van der Waals surface area contributed by atoms with Gasteiger partial charge in [0, 0.05) is 18.7 Å². The van der Waals surface area contributed by atoms with Crippen molar-refractivity contribution < 1.29 is 9.59 Å². The molecule has 2 heterocycles. The third kappa shape index (κ3) is 1.98. The van der Waals surface area contributed by atoms with Gasteiger partial charge in [-0.3, -0.25) is 14.7 Å². The molecule has 2 amide bonds. The standard InChI is InChI=1S/C9H12N4O2/c1-5-7(4-11-13-5)9(15)12-6-2-8(14)10-3-6/h4,6H,2-3H2,1H3,(H,10,14)(H,11,13)(H,12,15). The lowest BCUT2D eigenvalue weighted by atomic mass is 10.2. The number of aromatic nitrogens is 2. The molecular formula is C9H12N4O2. The highest BCUT2D eigenvalue weighted by atomic mass is 16.2. The van der Waals surface area contributed by atoms with Crippen molar-refractivity contribution in [3.05, 3.63) is 17.5 Å². The fourth-order valence-electron chi connectivity index (χ4n) is 1.55. The van der Waals surface area contributed by atoms with E-state index in [-0.39, 0.29) is 17.9 Å². The van der Waals surface area contributed by atoms with Crippen LogP contribution in [-0.4, -0.2) is 34.6 Å². The van der Waals surface area contributed by atoms with Crippen LogP contribution in [0.1, 0.15) is 22.5 Å². The minimum Gasteiger partial charge on any atom is -0.354 e. The highest BCUT2D eigenvalue weighted by molar-refractivity contribution is 5.95. The zero-order valence-corrected chi connectivity index (χ0v) is 8.33. The largest absolute Gasteiger partial charge is 0.354 e. The molecule has 1 saturated heterocycles. The second-order valence-electron chi connectivity index (χ2n) is 3.59. The smallest absolute Gasteiger partial charge is 0.255 e. The Morgan fingerprint density at radius 1 is 1.67 bits per heavy atom. The molecule has 0 spiro atoms. The number of nitrogens with one attached hydrogen (secondary N) is 3. The Hall–Kier alpha value is -1.85. The minimum atomic E-state index is -0.192. The first-order chi connectivity index (χ1) is 7.16. The van der Waals surface area contributed by atoms with Crippen LogP contribution in [-0.2, 0) is 4.79 Å². The third-order valence-electron chi connectivity index (χ3n) is 2.39. The molecule has 6 heteroatoms. The van der Waals surface area contributed by atoms with Crippen LogP contribution in [0, 0.1) is 6.92 Å². The number of H-pyrrole nitrogens is 1. The number of carbonyl (C=O) groups excluding carboxylic acids is 2. The second kappa shape index (κ2) is 3.72. The summed E-state index contributed by atoms with van der Waals surface area (Å²) >= 11 is 0.